The van der Waals surface area contributed by atoms with E-state index in [4.69, 9.17) is 0 Å². The van der Waals surface area contributed by atoms with Crippen molar-refractivity contribution in [2.24, 2.45) is 0 Å². The van der Waals surface area contributed by atoms with E-state index in [0.29, 0.717) is 0 Å². The fourth-order valence-electron chi connectivity index (χ4n) is 0.725. The molecule has 0 amide bonds. The molecule has 0 aliphatic rings. The predicted octanol–water partition coefficient (Wildman–Crippen LogP) is 0.683. The van der Waals surface area contributed by atoms with Gasteiger partial charge in [-0.2, -0.15) is 0 Å². The standard InChI is InChI=1S/C8H7O.Bi/c1-7(9)8-5-3-2-4-6-8;/h2-3,5-6H,1H3;. The van der Waals surface area contributed by atoms with Crippen molar-refractivity contribution in [3.05, 3.63) is 29.8 Å². The molecule has 0 aromatic heterocycles. The molecule has 50 valence electrons. The summed E-state index contributed by atoms with van der Waals surface area (Å²) in [4.78, 5) is 10.8. The van der Waals surface area contributed by atoms with E-state index < -0.39 is 0 Å². The number of hydrogen-bond acceptors (Lipinski definition) is 1. The van der Waals surface area contributed by atoms with Crippen LogP contribution in [0.2, 0.25) is 0 Å². The van der Waals surface area contributed by atoms with Crippen LogP contribution >= 0.6 is 0 Å². The van der Waals surface area contributed by atoms with Crippen molar-refractivity contribution >= 4 is 33.8 Å². The Morgan fingerprint density at radius 1 is 1.50 bits per heavy atom. The van der Waals surface area contributed by atoms with Gasteiger partial charge in [0.25, 0.3) is 0 Å². The molecule has 1 rings (SSSR count). The molecule has 1 aromatic carbocycles. The van der Waals surface area contributed by atoms with Gasteiger partial charge in [-0.3, -0.25) is 0 Å². The van der Waals surface area contributed by atoms with E-state index in [2.05, 4.69) is 0 Å². The Balaban J connectivity index is 3.07. The number of carbonyl (C=O) groups excluding carboxylic acids is 1. The van der Waals surface area contributed by atoms with Gasteiger partial charge in [0.15, 0.2) is 0 Å². The Morgan fingerprint density at radius 2 is 2.20 bits per heavy atom. The summed E-state index contributed by atoms with van der Waals surface area (Å²) in [6.45, 7) is 1.59. The minimum absolute atomic E-state index is 0.146. The SMILES string of the molecule is CC(=O)c1ccc[c]([Bi])c1. The summed E-state index contributed by atoms with van der Waals surface area (Å²) in [5.74, 6) is 0.146. The van der Waals surface area contributed by atoms with Crippen LogP contribution in [0, 0.1) is 0 Å². The van der Waals surface area contributed by atoms with Crippen molar-refractivity contribution in [3.8, 4) is 0 Å². The van der Waals surface area contributed by atoms with Crippen molar-refractivity contribution < 1.29 is 4.79 Å². The van der Waals surface area contributed by atoms with Crippen LogP contribution in [0.5, 0.6) is 0 Å². The van der Waals surface area contributed by atoms with Gasteiger partial charge in [0, 0.05) is 0 Å². The van der Waals surface area contributed by atoms with Crippen molar-refractivity contribution in [1.82, 2.24) is 0 Å². The predicted molar refractivity (Wildman–Crippen MR) is 41.8 cm³/mol. The fourth-order valence-corrected chi connectivity index (χ4v) is 1.60. The Hall–Kier alpha value is -0.227. The van der Waals surface area contributed by atoms with E-state index in [9.17, 15) is 4.79 Å². The maximum absolute atomic E-state index is 10.8. The van der Waals surface area contributed by atoms with Gasteiger partial charge >= 0.3 is 75.3 Å². The van der Waals surface area contributed by atoms with Gasteiger partial charge in [-0.25, -0.2) is 0 Å². The summed E-state index contributed by atoms with van der Waals surface area (Å²) in [6.07, 6.45) is 0. The summed E-state index contributed by atoms with van der Waals surface area (Å²) in [5, 5.41) is 0. The monoisotopic (exact) mass is 328 g/mol. The van der Waals surface area contributed by atoms with Crippen LogP contribution in [0.4, 0.5) is 0 Å². The average Bonchev–Trinajstić information content (AvgIpc) is 1.88. The molecule has 1 nitrogen and oxygen atoms in total. The average molecular weight is 328 g/mol. The van der Waals surface area contributed by atoms with Gasteiger partial charge in [0.05, 0.1) is 0 Å². The van der Waals surface area contributed by atoms with Crippen LogP contribution in [0.15, 0.2) is 24.3 Å². The molecule has 0 bridgehead atoms. The molecule has 0 saturated heterocycles. The molecule has 0 aliphatic heterocycles. The van der Waals surface area contributed by atoms with E-state index in [1.807, 2.05) is 24.3 Å². The Bertz CT molecular complexity index is 255. The van der Waals surface area contributed by atoms with Gasteiger partial charge < -0.3 is 0 Å². The molecule has 0 atom stereocenters. The second-order valence-electron chi connectivity index (χ2n) is 2.11. The normalized spacial score (nSPS) is 9.40. The molecule has 2 heteroatoms. The molecular formula is C8H7BiO. The van der Waals surface area contributed by atoms with E-state index in [1.54, 1.807) is 6.92 Å². The zero-order valence-electron chi connectivity index (χ0n) is 5.66. The van der Waals surface area contributed by atoms with Crippen LogP contribution < -0.4 is 3.27 Å². The number of ketones is 1. The second-order valence-corrected chi connectivity index (χ2v) is 4.11. The first-order valence-electron chi connectivity index (χ1n) is 3.00. The van der Waals surface area contributed by atoms with E-state index >= 15 is 0 Å². The third kappa shape index (κ3) is 1.88. The van der Waals surface area contributed by atoms with Crippen LogP contribution in [-0.2, 0) is 0 Å². The Kier molecular flexibility index (Phi) is 2.56. The number of benzene rings is 1. The first kappa shape index (κ1) is 7.88. The molecule has 0 fully saturated rings. The molecule has 0 heterocycles. The van der Waals surface area contributed by atoms with Gasteiger partial charge in [0.2, 0.25) is 0 Å². The quantitative estimate of drug-likeness (QED) is 0.548. The molecule has 0 unspecified atom stereocenters. The van der Waals surface area contributed by atoms with Crippen molar-refractivity contribution in [2.75, 3.05) is 0 Å². The molecule has 0 N–H and O–H groups in total. The second kappa shape index (κ2) is 3.25. The topological polar surface area (TPSA) is 17.1 Å². The molecule has 1 aromatic rings. The number of hydrogen-bond donors (Lipinski definition) is 0. The molecule has 10 heavy (non-hydrogen) atoms. The molecule has 0 spiro atoms. The van der Waals surface area contributed by atoms with Gasteiger partial charge in [-0.15, -0.1) is 0 Å². The summed E-state index contributed by atoms with van der Waals surface area (Å²) < 4.78 is 1.24. The molecule has 0 saturated carbocycles. The number of carbonyl (C=O) groups is 1. The number of Topliss-reactive ketones (excluding diaryl/α,β-unsaturated/α-hetero) is 1. The van der Waals surface area contributed by atoms with E-state index in [-0.39, 0.29) is 5.78 Å². The summed E-state index contributed by atoms with van der Waals surface area (Å²) in [6, 6.07) is 7.74. The fraction of sp³-hybridized carbons (Fsp3) is 0.125. The van der Waals surface area contributed by atoms with Crippen LogP contribution in [0.1, 0.15) is 17.3 Å². The van der Waals surface area contributed by atoms with Crippen molar-refractivity contribution in [2.45, 2.75) is 6.92 Å². The van der Waals surface area contributed by atoms with E-state index in [0.717, 1.165) is 5.56 Å². The van der Waals surface area contributed by atoms with E-state index in [1.165, 1.54) is 28.0 Å². The Labute approximate surface area is 75.3 Å². The molecular weight excluding hydrogens is 321 g/mol. The maximum atomic E-state index is 10.8. The zero-order valence-corrected chi connectivity index (χ0v) is 9.14. The Morgan fingerprint density at radius 3 is 2.60 bits per heavy atom. The number of rotatable bonds is 1. The third-order valence-corrected chi connectivity index (χ3v) is 2.33. The first-order chi connectivity index (χ1) is 4.70. The minimum atomic E-state index is 0.146. The summed E-state index contributed by atoms with van der Waals surface area (Å²) in [7, 11) is 0. The zero-order chi connectivity index (χ0) is 7.56. The van der Waals surface area contributed by atoms with Crippen molar-refractivity contribution in [3.63, 3.8) is 0 Å². The molecule has 0 aliphatic carbocycles. The third-order valence-electron chi connectivity index (χ3n) is 1.25. The van der Waals surface area contributed by atoms with Gasteiger partial charge in [-0.1, -0.05) is 0 Å². The van der Waals surface area contributed by atoms with Crippen LogP contribution in [-0.4, -0.2) is 30.5 Å². The summed E-state index contributed by atoms with van der Waals surface area (Å²) >= 11 is 1.21. The summed E-state index contributed by atoms with van der Waals surface area (Å²) in [5.41, 5.74) is 0.819. The van der Waals surface area contributed by atoms with Crippen LogP contribution in [0.3, 0.4) is 0 Å². The van der Waals surface area contributed by atoms with Gasteiger partial charge in [-0.05, 0) is 0 Å². The molecule has 2 radical (unpaired) electrons. The van der Waals surface area contributed by atoms with Gasteiger partial charge in [0.1, 0.15) is 0 Å². The van der Waals surface area contributed by atoms with Crippen LogP contribution in [0.25, 0.3) is 0 Å². The first-order valence-corrected chi connectivity index (χ1v) is 4.74. The van der Waals surface area contributed by atoms with Crippen molar-refractivity contribution in [1.29, 1.82) is 0 Å².